The Morgan fingerprint density at radius 2 is 2.18 bits per heavy atom. The van der Waals surface area contributed by atoms with Gasteiger partial charge in [-0.1, -0.05) is 6.92 Å². The minimum Gasteiger partial charge on any atom is -0.379 e. The van der Waals surface area contributed by atoms with Crippen molar-refractivity contribution >= 4 is 11.8 Å². The number of anilines is 2. The van der Waals surface area contributed by atoms with E-state index in [1.54, 1.807) is 0 Å². The second-order valence-electron chi connectivity index (χ2n) is 6.32. The maximum Gasteiger partial charge on any atom is 0.227 e. The lowest BCUT2D eigenvalue weighted by Crippen LogP contribution is -2.39. The zero-order valence-electron chi connectivity index (χ0n) is 13.5. The van der Waals surface area contributed by atoms with Crippen LogP contribution in [-0.4, -0.2) is 67.4 Å². The molecule has 2 aliphatic rings. The lowest BCUT2D eigenvalue weighted by atomic mass is 10.0. The highest BCUT2D eigenvalue weighted by atomic mass is 16.5. The fourth-order valence-corrected chi connectivity index (χ4v) is 3.14. The minimum atomic E-state index is 0.732. The van der Waals surface area contributed by atoms with Crippen LogP contribution in [0.5, 0.6) is 0 Å². The first-order valence-electron chi connectivity index (χ1n) is 8.43. The number of aromatic nitrogens is 2. The first-order valence-corrected chi connectivity index (χ1v) is 8.43. The molecule has 1 aromatic rings. The molecule has 0 aliphatic carbocycles. The normalized spacial score (nSPS) is 23.5. The third-order valence-corrected chi connectivity index (χ3v) is 4.42. The molecule has 0 radical (unpaired) electrons. The second-order valence-corrected chi connectivity index (χ2v) is 6.32. The number of nitrogens with one attached hydrogen (secondary N) is 1. The maximum atomic E-state index is 5.37. The minimum absolute atomic E-state index is 0.732. The predicted molar refractivity (Wildman–Crippen MR) is 88.4 cm³/mol. The largest absolute Gasteiger partial charge is 0.379 e. The molecule has 22 heavy (non-hydrogen) atoms. The van der Waals surface area contributed by atoms with Crippen LogP contribution in [0.15, 0.2) is 12.3 Å². The van der Waals surface area contributed by atoms with Gasteiger partial charge in [-0.05, 0) is 24.8 Å². The van der Waals surface area contributed by atoms with Crippen molar-refractivity contribution in [2.75, 3.05) is 62.7 Å². The van der Waals surface area contributed by atoms with Crippen LogP contribution in [0.4, 0.5) is 11.8 Å². The zero-order valence-corrected chi connectivity index (χ0v) is 13.5. The van der Waals surface area contributed by atoms with E-state index in [9.17, 15) is 0 Å². The monoisotopic (exact) mass is 305 g/mol. The van der Waals surface area contributed by atoms with Crippen molar-refractivity contribution in [2.24, 2.45) is 5.92 Å². The van der Waals surface area contributed by atoms with Gasteiger partial charge in [0.2, 0.25) is 5.95 Å². The van der Waals surface area contributed by atoms with Crippen molar-refractivity contribution in [3.05, 3.63) is 12.3 Å². The molecular formula is C16H27N5O. The van der Waals surface area contributed by atoms with Crippen LogP contribution in [0.1, 0.15) is 19.8 Å². The summed E-state index contributed by atoms with van der Waals surface area (Å²) in [6.45, 7) is 10.1. The maximum absolute atomic E-state index is 5.37. The molecule has 0 spiro atoms. The van der Waals surface area contributed by atoms with Crippen molar-refractivity contribution in [1.82, 2.24) is 14.9 Å². The zero-order chi connectivity index (χ0) is 15.2. The number of rotatable bonds is 5. The molecule has 2 fully saturated rings. The van der Waals surface area contributed by atoms with Gasteiger partial charge in [0, 0.05) is 45.5 Å². The first kappa shape index (κ1) is 15.5. The number of hydrogen-bond donors (Lipinski definition) is 1. The second kappa shape index (κ2) is 7.74. The Balaban J connectivity index is 1.50. The van der Waals surface area contributed by atoms with E-state index in [2.05, 4.69) is 32.0 Å². The van der Waals surface area contributed by atoms with E-state index in [1.807, 2.05) is 12.3 Å². The molecule has 1 N–H and O–H groups in total. The Labute approximate surface area is 132 Å². The van der Waals surface area contributed by atoms with Crippen molar-refractivity contribution in [3.8, 4) is 0 Å². The number of ether oxygens (including phenoxy) is 1. The van der Waals surface area contributed by atoms with E-state index >= 15 is 0 Å². The molecule has 0 bridgehead atoms. The molecule has 0 amide bonds. The van der Waals surface area contributed by atoms with Crippen LogP contribution >= 0.6 is 0 Å². The Morgan fingerprint density at radius 3 is 3.00 bits per heavy atom. The molecule has 6 heteroatoms. The number of nitrogens with zero attached hydrogens (tertiary/aromatic N) is 4. The summed E-state index contributed by atoms with van der Waals surface area (Å²) in [4.78, 5) is 13.8. The van der Waals surface area contributed by atoms with Gasteiger partial charge in [0.05, 0.1) is 13.2 Å². The molecule has 0 saturated carbocycles. The molecule has 1 aromatic heterocycles. The van der Waals surface area contributed by atoms with Crippen LogP contribution in [-0.2, 0) is 4.74 Å². The first-order chi connectivity index (χ1) is 10.8. The van der Waals surface area contributed by atoms with E-state index in [4.69, 9.17) is 4.74 Å². The van der Waals surface area contributed by atoms with Gasteiger partial charge in [-0.2, -0.15) is 4.98 Å². The lowest BCUT2D eigenvalue weighted by Gasteiger charge is -2.31. The molecule has 122 valence electrons. The summed E-state index contributed by atoms with van der Waals surface area (Å²) in [5.41, 5.74) is 0. The quantitative estimate of drug-likeness (QED) is 0.889. The number of morpholine rings is 1. The number of piperidine rings is 1. The van der Waals surface area contributed by atoms with Crippen molar-refractivity contribution in [3.63, 3.8) is 0 Å². The third kappa shape index (κ3) is 4.30. The SMILES string of the molecule is CC1CCCN(c2nccc(NCCN3CCOCC3)n2)C1. The predicted octanol–water partition coefficient (Wildman–Crippen LogP) is 1.46. The Morgan fingerprint density at radius 1 is 1.32 bits per heavy atom. The lowest BCUT2D eigenvalue weighted by molar-refractivity contribution is 0.0398. The van der Waals surface area contributed by atoms with Gasteiger partial charge in [0.15, 0.2) is 0 Å². The molecule has 2 aliphatic heterocycles. The summed E-state index contributed by atoms with van der Waals surface area (Å²) in [7, 11) is 0. The van der Waals surface area contributed by atoms with Crippen LogP contribution in [0.25, 0.3) is 0 Å². The van der Waals surface area contributed by atoms with Crippen molar-refractivity contribution in [1.29, 1.82) is 0 Å². The average Bonchev–Trinajstić information content (AvgIpc) is 2.56. The van der Waals surface area contributed by atoms with E-state index in [1.165, 1.54) is 12.8 Å². The molecule has 2 saturated heterocycles. The topological polar surface area (TPSA) is 53.5 Å². The molecule has 3 heterocycles. The smallest absolute Gasteiger partial charge is 0.227 e. The van der Waals surface area contributed by atoms with Gasteiger partial charge in [-0.25, -0.2) is 4.98 Å². The fraction of sp³-hybridized carbons (Fsp3) is 0.750. The summed E-state index contributed by atoms with van der Waals surface area (Å²) < 4.78 is 5.37. The van der Waals surface area contributed by atoms with Crippen molar-refractivity contribution in [2.45, 2.75) is 19.8 Å². The van der Waals surface area contributed by atoms with Gasteiger partial charge in [0.25, 0.3) is 0 Å². The average molecular weight is 305 g/mol. The van der Waals surface area contributed by atoms with E-state index < -0.39 is 0 Å². The Bertz CT molecular complexity index is 464. The van der Waals surface area contributed by atoms with E-state index in [0.29, 0.717) is 0 Å². The van der Waals surface area contributed by atoms with Gasteiger partial charge in [-0.15, -0.1) is 0 Å². The van der Waals surface area contributed by atoms with E-state index in [0.717, 1.165) is 70.2 Å². The van der Waals surface area contributed by atoms with E-state index in [-0.39, 0.29) is 0 Å². The van der Waals surface area contributed by atoms with Gasteiger partial charge >= 0.3 is 0 Å². The van der Waals surface area contributed by atoms with Crippen LogP contribution < -0.4 is 10.2 Å². The standard InChI is InChI=1S/C16H27N5O/c1-14-3-2-7-21(13-14)16-18-5-4-15(19-16)17-6-8-20-9-11-22-12-10-20/h4-5,14H,2-3,6-13H2,1H3,(H,17,18,19). The molecule has 3 rings (SSSR count). The van der Waals surface area contributed by atoms with Crippen LogP contribution in [0, 0.1) is 5.92 Å². The van der Waals surface area contributed by atoms with Gasteiger partial charge in [-0.3, -0.25) is 4.90 Å². The molecule has 0 aromatic carbocycles. The molecule has 1 unspecified atom stereocenters. The van der Waals surface area contributed by atoms with Crippen LogP contribution in [0.2, 0.25) is 0 Å². The van der Waals surface area contributed by atoms with Gasteiger partial charge < -0.3 is 15.0 Å². The summed E-state index contributed by atoms with van der Waals surface area (Å²) in [5.74, 6) is 2.52. The third-order valence-electron chi connectivity index (χ3n) is 4.42. The summed E-state index contributed by atoms with van der Waals surface area (Å²) >= 11 is 0. The molecule has 6 nitrogen and oxygen atoms in total. The summed E-state index contributed by atoms with van der Waals surface area (Å²) in [5, 5.41) is 3.42. The molecule has 1 atom stereocenters. The fourth-order valence-electron chi connectivity index (χ4n) is 3.14. The van der Waals surface area contributed by atoms with Crippen molar-refractivity contribution < 1.29 is 4.74 Å². The van der Waals surface area contributed by atoms with Crippen LogP contribution in [0.3, 0.4) is 0 Å². The molecular weight excluding hydrogens is 278 g/mol. The van der Waals surface area contributed by atoms with Gasteiger partial charge in [0.1, 0.15) is 5.82 Å². The highest BCUT2D eigenvalue weighted by Gasteiger charge is 2.18. The highest BCUT2D eigenvalue weighted by Crippen LogP contribution is 2.20. The Hall–Kier alpha value is -1.40. The Kier molecular flexibility index (Phi) is 5.45. The number of hydrogen-bond acceptors (Lipinski definition) is 6. The highest BCUT2D eigenvalue weighted by molar-refractivity contribution is 5.41. The summed E-state index contributed by atoms with van der Waals surface area (Å²) in [6.07, 6.45) is 4.41. The summed E-state index contributed by atoms with van der Waals surface area (Å²) in [6, 6.07) is 1.95.